The number of para-hydroxylation sites is 1. The highest BCUT2D eigenvalue weighted by Gasteiger charge is 2.18. The molecule has 1 aliphatic rings. The molecule has 1 N–H and O–H groups in total. The SMILES string of the molecule is COc1ccccc1/C=C/NC(=O)N1CCN(C=O)CC1. The van der Waals surface area contributed by atoms with Crippen LogP contribution in [0.2, 0.25) is 0 Å². The van der Waals surface area contributed by atoms with Crippen LogP contribution in [0.5, 0.6) is 5.75 Å². The zero-order valence-electron chi connectivity index (χ0n) is 12.0. The Labute approximate surface area is 124 Å². The van der Waals surface area contributed by atoms with E-state index in [9.17, 15) is 9.59 Å². The average Bonchev–Trinajstić information content (AvgIpc) is 2.55. The van der Waals surface area contributed by atoms with Crippen LogP contribution >= 0.6 is 0 Å². The van der Waals surface area contributed by atoms with Crippen molar-refractivity contribution in [2.75, 3.05) is 33.3 Å². The van der Waals surface area contributed by atoms with Crippen molar-refractivity contribution in [1.82, 2.24) is 15.1 Å². The zero-order chi connectivity index (χ0) is 15.1. The minimum atomic E-state index is -0.160. The molecule has 0 radical (unpaired) electrons. The summed E-state index contributed by atoms with van der Waals surface area (Å²) in [6.45, 7) is 2.25. The number of carbonyl (C=O) groups excluding carboxylic acids is 2. The van der Waals surface area contributed by atoms with Gasteiger partial charge in [-0.15, -0.1) is 0 Å². The van der Waals surface area contributed by atoms with Gasteiger partial charge in [-0.2, -0.15) is 0 Å². The number of amides is 3. The van der Waals surface area contributed by atoms with Gasteiger partial charge in [0.1, 0.15) is 5.75 Å². The molecule has 6 heteroatoms. The van der Waals surface area contributed by atoms with Crippen LogP contribution in [0.1, 0.15) is 5.56 Å². The Morgan fingerprint density at radius 1 is 1.24 bits per heavy atom. The molecule has 2 rings (SSSR count). The van der Waals surface area contributed by atoms with Crippen molar-refractivity contribution in [3.8, 4) is 5.75 Å². The molecular formula is C15H19N3O3. The molecular weight excluding hydrogens is 270 g/mol. The third-order valence-electron chi connectivity index (χ3n) is 3.36. The lowest BCUT2D eigenvalue weighted by Gasteiger charge is -2.32. The van der Waals surface area contributed by atoms with E-state index in [1.807, 2.05) is 24.3 Å². The lowest BCUT2D eigenvalue weighted by Crippen LogP contribution is -2.50. The van der Waals surface area contributed by atoms with Gasteiger partial charge in [0.25, 0.3) is 0 Å². The maximum absolute atomic E-state index is 12.0. The quantitative estimate of drug-likeness (QED) is 0.846. The molecule has 0 spiro atoms. The van der Waals surface area contributed by atoms with Crippen LogP contribution in [0.3, 0.4) is 0 Å². The Kier molecular flexibility index (Phi) is 5.20. The first-order valence-electron chi connectivity index (χ1n) is 6.79. The van der Waals surface area contributed by atoms with Crippen molar-refractivity contribution < 1.29 is 14.3 Å². The van der Waals surface area contributed by atoms with Crippen LogP contribution in [0.25, 0.3) is 6.08 Å². The number of methoxy groups -OCH3 is 1. The van der Waals surface area contributed by atoms with E-state index in [0.29, 0.717) is 26.2 Å². The Morgan fingerprint density at radius 2 is 1.95 bits per heavy atom. The Morgan fingerprint density at radius 3 is 2.62 bits per heavy atom. The predicted molar refractivity (Wildman–Crippen MR) is 79.8 cm³/mol. The van der Waals surface area contributed by atoms with Gasteiger partial charge < -0.3 is 19.9 Å². The molecule has 0 aromatic heterocycles. The summed E-state index contributed by atoms with van der Waals surface area (Å²) in [5.41, 5.74) is 0.895. The second-order valence-electron chi connectivity index (χ2n) is 4.65. The summed E-state index contributed by atoms with van der Waals surface area (Å²) in [7, 11) is 1.61. The summed E-state index contributed by atoms with van der Waals surface area (Å²) in [6.07, 6.45) is 4.21. The fourth-order valence-electron chi connectivity index (χ4n) is 2.13. The van der Waals surface area contributed by atoms with E-state index in [1.165, 1.54) is 0 Å². The molecule has 0 bridgehead atoms. The zero-order valence-corrected chi connectivity index (χ0v) is 12.0. The van der Waals surface area contributed by atoms with Gasteiger partial charge in [-0.25, -0.2) is 4.79 Å². The van der Waals surface area contributed by atoms with Crippen molar-refractivity contribution in [1.29, 1.82) is 0 Å². The van der Waals surface area contributed by atoms with E-state index >= 15 is 0 Å². The molecule has 21 heavy (non-hydrogen) atoms. The number of ether oxygens (including phenoxy) is 1. The van der Waals surface area contributed by atoms with Crippen LogP contribution in [0.4, 0.5) is 4.79 Å². The fourth-order valence-corrected chi connectivity index (χ4v) is 2.13. The van der Waals surface area contributed by atoms with Crippen LogP contribution in [-0.2, 0) is 4.79 Å². The molecule has 1 aromatic rings. The van der Waals surface area contributed by atoms with Crippen LogP contribution in [-0.4, -0.2) is 55.5 Å². The van der Waals surface area contributed by atoms with E-state index in [2.05, 4.69) is 5.32 Å². The first-order chi connectivity index (χ1) is 10.2. The number of nitrogens with one attached hydrogen (secondary N) is 1. The van der Waals surface area contributed by atoms with Crippen molar-refractivity contribution in [2.45, 2.75) is 0 Å². The van der Waals surface area contributed by atoms with Gasteiger partial charge in [-0.3, -0.25) is 4.79 Å². The number of carbonyl (C=O) groups is 2. The lowest BCUT2D eigenvalue weighted by atomic mass is 10.2. The Hall–Kier alpha value is -2.50. The maximum atomic E-state index is 12.0. The van der Waals surface area contributed by atoms with Crippen molar-refractivity contribution in [3.05, 3.63) is 36.0 Å². The molecule has 1 aliphatic heterocycles. The molecule has 1 heterocycles. The van der Waals surface area contributed by atoms with Gasteiger partial charge in [-0.05, 0) is 12.1 Å². The van der Waals surface area contributed by atoms with E-state index < -0.39 is 0 Å². The standard InChI is InChI=1S/C15H19N3O3/c1-21-14-5-3-2-4-13(14)6-7-16-15(20)18-10-8-17(12-19)9-11-18/h2-7,12H,8-11H2,1H3,(H,16,20)/b7-6+. The average molecular weight is 289 g/mol. The predicted octanol–water partition coefficient (Wildman–Crippen LogP) is 1.15. The highest BCUT2D eigenvalue weighted by atomic mass is 16.5. The van der Waals surface area contributed by atoms with E-state index in [0.717, 1.165) is 17.7 Å². The second-order valence-corrected chi connectivity index (χ2v) is 4.65. The summed E-state index contributed by atoms with van der Waals surface area (Å²) in [5, 5.41) is 2.73. The lowest BCUT2D eigenvalue weighted by molar-refractivity contribution is -0.119. The fraction of sp³-hybridized carbons (Fsp3) is 0.333. The number of hydrogen-bond donors (Lipinski definition) is 1. The van der Waals surface area contributed by atoms with Crippen molar-refractivity contribution in [3.63, 3.8) is 0 Å². The Balaban J connectivity index is 1.86. The largest absolute Gasteiger partial charge is 0.496 e. The normalized spacial score (nSPS) is 15.1. The second kappa shape index (κ2) is 7.33. The topological polar surface area (TPSA) is 61.9 Å². The van der Waals surface area contributed by atoms with E-state index in [1.54, 1.807) is 29.2 Å². The minimum Gasteiger partial charge on any atom is -0.496 e. The highest BCUT2D eigenvalue weighted by molar-refractivity contribution is 5.76. The molecule has 1 fully saturated rings. The smallest absolute Gasteiger partial charge is 0.321 e. The van der Waals surface area contributed by atoms with Gasteiger partial charge >= 0.3 is 6.03 Å². The molecule has 6 nitrogen and oxygen atoms in total. The highest BCUT2D eigenvalue weighted by Crippen LogP contribution is 2.18. The summed E-state index contributed by atoms with van der Waals surface area (Å²) in [4.78, 5) is 25.9. The van der Waals surface area contributed by atoms with Crippen LogP contribution < -0.4 is 10.1 Å². The summed E-state index contributed by atoms with van der Waals surface area (Å²) in [5.74, 6) is 0.752. The number of rotatable bonds is 4. The van der Waals surface area contributed by atoms with Gasteiger partial charge in [0.15, 0.2) is 0 Å². The maximum Gasteiger partial charge on any atom is 0.321 e. The first kappa shape index (κ1) is 14.9. The van der Waals surface area contributed by atoms with Gasteiger partial charge in [0.2, 0.25) is 6.41 Å². The number of piperazine rings is 1. The summed E-state index contributed by atoms with van der Waals surface area (Å²) in [6, 6.07) is 7.40. The van der Waals surface area contributed by atoms with Gasteiger partial charge in [0.05, 0.1) is 7.11 Å². The molecule has 0 saturated carbocycles. The van der Waals surface area contributed by atoms with Gasteiger partial charge in [-0.1, -0.05) is 18.2 Å². The van der Waals surface area contributed by atoms with E-state index in [4.69, 9.17) is 4.74 Å². The number of benzene rings is 1. The van der Waals surface area contributed by atoms with E-state index in [-0.39, 0.29) is 6.03 Å². The molecule has 3 amide bonds. The molecule has 0 aliphatic carbocycles. The van der Waals surface area contributed by atoms with Crippen molar-refractivity contribution >= 4 is 18.5 Å². The number of urea groups is 1. The molecule has 112 valence electrons. The minimum absolute atomic E-state index is 0.160. The molecule has 0 atom stereocenters. The summed E-state index contributed by atoms with van der Waals surface area (Å²) >= 11 is 0. The number of nitrogens with zero attached hydrogens (tertiary/aromatic N) is 2. The van der Waals surface area contributed by atoms with Gasteiger partial charge in [0, 0.05) is 37.9 Å². The number of hydrogen-bond acceptors (Lipinski definition) is 3. The molecule has 1 saturated heterocycles. The van der Waals surface area contributed by atoms with Crippen LogP contribution in [0.15, 0.2) is 30.5 Å². The van der Waals surface area contributed by atoms with Crippen molar-refractivity contribution in [2.24, 2.45) is 0 Å². The van der Waals surface area contributed by atoms with Crippen LogP contribution in [0, 0.1) is 0 Å². The third kappa shape index (κ3) is 3.98. The summed E-state index contributed by atoms with van der Waals surface area (Å²) < 4.78 is 5.23. The molecule has 0 unspecified atom stereocenters. The third-order valence-corrected chi connectivity index (χ3v) is 3.36. The first-order valence-corrected chi connectivity index (χ1v) is 6.79. The molecule has 1 aromatic carbocycles. The Bertz CT molecular complexity index is 523. The monoisotopic (exact) mass is 289 g/mol.